The minimum absolute atomic E-state index is 0.107. The Balaban J connectivity index is 2.88. The molecular formula is C7H7BrF. The Bertz CT molecular complexity index is 179. The Hall–Kier alpha value is -0.110. The van der Waals surface area contributed by atoms with Gasteiger partial charge in [-0.1, -0.05) is 15.9 Å². The van der Waals surface area contributed by atoms with E-state index in [1.54, 1.807) is 13.0 Å². The van der Waals surface area contributed by atoms with Crippen LogP contribution >= 0.6 is 15.9 Å². The minimum atomic E-state index is -0.107. The Morgan fingerprint density at radius 3 is 2.78 bits per heavy atom. The highest BCUT2D eigenvalue weighted by molar-refractivity contribution is 9.11. The molecule has 1 rings (SSSR count). The summed E-state index contributed by atoms with van der Waals surface area (Å²) in [5, 5.41) is 0. The number of allylic oxidation sites excluding steroid dienone is 4. The SMILES string of the molecule is CC1=C(Br)[CH]CC=C1F. The molecule has 0 amide bonds. The summed E-state index contributed by atoms with van der Waals surface area (Å²) in [5.74, 6) is -0.107. The fourth-order valence-corrected chi connectivity index (χ4v) is 1.06. The molecule has 0 nitrogen and oxygen atoms in total. The third-order valence-corrected chi connectivity index (χ3v) is 2.23. The van der Waals surface area contributed by atoms with Crippen molar-refractivity contribution >= 4 is 15.9 Å². The minimum Gasteiger partial charge on any atom is -0.207 e. The van der Waals surface area contributed by atoms with Crippen LogP contribution in [0.3, 0.4) is 0 Å². The van der Waals surface area contributed by atoms with Crippen molar-refractivity contribution in [1.29, 1.82) is 0 Å². The molecule has 0 aromatic rings. The first-order valence-corrected chi connectivity index (χ1v) is 3.56. The summed E-state index contributed by atoms with van der Waals surface area (Å²) >= 11 is 3.24. The van der Waals surface area contributed by atoms with Crippen molar-refractivity contribution in [3.05, 3.63) is 28.4 Å². The third kappa shape index (κ3) is 1.42. The number of hydrogen-bond acceptors (Lipinski definition) is 0. The number of rotatable bonds is 0. The van der Waals surface area contributed by atoms with Gasteiger partial charge in [0.25, 0.3) is 0 Å². The lowest BCUT2D eigenvalue weighted by Crippen LogP contribution is -1.90. The Morgan fingerprint density at radius 1 is 1.67 bits per heavy atom. The van der Waals surface area contributed by atoms with Crippen LogP contribution in [0.2, 0.25) is 0 Å². The van der Waals surface area contributed by atoms with Crippen LogP contribution in [-0.2, 0) is 0 Å². The van der Waals surface area contributed by atoms with E-state index < -0.39 is 0 Å². The van der Waals surface area contributed by atoms with Gasteiger partial charge >= 0.3 is 0 Å². The van der Waals surface area contributed by atoms with E-state index in [2.05, 4.69) is 15.9 Å². The molecule has 0 spiro atoms. The van der Waals surface area contributed by atoms with Gasteiger partial charge in [0.05, 0.1) is 0 Å². The highest BCUT2D eigenvalue weighted by Crippen LogP contribution is 2.28. The zero-order valence-electron chi connectivity index (χ0n) is 5.12. The predicted octanol–water partition coefficient (Wildman–Crippen LogP) is 3.12. The largest absolute Gasteiger partial charge is 0.207 e. The van der Waals surface area contributed by atoms with Crippen molar-refractivity contribution < 1.29 is 4.39 Å². The highest BCUT2D eigenvalue weighted by atomic mass is 79.9. The van der Waals surface area contributed by atoms with E-state index in [1.807, 2.05) is 6.42 Å². The molecule has 0 bridgehead atoms. The first-order chi connectivity index (χ1) is 4.22. The van der Waals surface area contributed by atoms with Crippen LogP contribution in [0.1, 0.15) is 13.3 Å². The standard InChI is InChI=1S/C7H7BrF/c1-5-6(8)3-2-4-7(5)9/h3-4H,2H2,1H3. The van der Waals surface area contributed by atoms with Gasteiger partial charge < -0.3 is 0 Å². The summed E-state index contributed by atoms with van der Waals surface area (Å²) in [6.45, 7) is 1.76. The van der Waals surface area contributed by atoms with E-state index in [1.165, 1.54) is 0 Å². The van der Waals surface area contributed by atoms with Crippen LogP contribution in [-0.4, -0.2) is 0 Å². The second-order valence-electron chi connectivity index (χ2n) is 1.96. The molecule has 0 aromatic heterocycles. The van der Waals surface area contributed by atoms with Crippen LogP contribution in [0.4, 0.5) is 4.39 Å². The third-order valence-electron chi connectivity index (χ3n) is 1.31. The maximum atomic E-state index is 12.6. The van der Waals surface area contributed by atoms with Crippen molar-refractivity contribution in [2.75, 3.05) is 0 Å². The van der Waals surface area contributed by atoms with Crippen molar-refractivity contribution in [2.45, 2.75) is 13.3 Å². The Labute approximate surface area is 62.6 Å². The van der Waals surface area contributed by atoms with Gasteiger partial charge in [-0.25, -0.2) is 4.39 Å². The first kappa shape index (κ1) is 7.00. The lowest BCUT2D eigenvalue weighted by Gasteiger charge is -2.07. The smallest absolute Gasteiger partial charge is 0.122 e. The van der Waals surface area contributed by atoms with Crippen molar-refractivity contribution in [3.8, 4) is 0 Å². The molecule has 1 aliphatic carbocycles. The average Bonchev–Trinajstić information content (AvgIpc) is 1.83. The zero-order valence-corrected chi connectivity index (χ0v) is 6.70. The van der Waals surface area contributed by atoms with Gasteiger partial charge in [0.1, 0.15) is 5.83 Å². The molecule has 0 saturated heterocycles. The lowest BCUT2D eigenvalue weighted by atomic mass is 10.1. The van der Waals surface area contributed by atoms with E-state index >= 15 is 0 Å². The molecule has 1 radical (unpaired) electrons. The molecule has 0 unspecified atom stereocenters. The molecule has 1 aliphatic rings. The summed E-state index contributed by atoms with van der Waals surface area (Å²) < 4.78 is 13.5. The molecule has 0 aromatic carbocycles. The topological polar surface area (TPSA) is 0 Å². The fraction of sp³-hybridized carbons (Fsp3) is 0.286. The predicted molar refractivity (Wildman–Crippen MR) is 39.7 cm³/mol. The molecule has 0 aliphatic heterocycles. The average molecular weight is 190 g/mol. The van der Waals surface area contributed by atoms with Gasteiger partial charge in [0.15, 0.2) is 0 Å². The molecular weight excluding hydrogens is 183 g/mol. The van der Waals surface area contributed by atoms with E-state index in [4.69, 9.17) is 0 Å². The first-order valence-electron chi connectivity index (χ1n) is 2.77. The fourth-order valence-electron chi connectivity index (χ4n) is 0.686. The van der Waals surface area contributed by atoms with E-state index in [-0.39, 0.29) is 5.83 Å². The highest BCUT2D eigenvalue weighted by Gasteiger charge is 2.08. The van der Waals surface area contributed by atoms with E-state index in [9.17, 15) is 4.39 Å². The summed E-state index contributed by atoms with van der Waals surface area (Å²) in [6, 6.07) is 0. The molecule has 0 heterocycles. The quantitative estimate of drug-likeness (QED) is 0.550. The molecule has 0 saturated carbocycles. The summed E-state index contributed by atoms with van der Waals surface area (Å²) in [6.07, 6.45) is 4.21. The summed E-state index contributed by atoms with van der Waals surface area (Å²) in [4.78, 5) is 0. The second-order valence-corrected chi connectivity index (χ2v) is 2.82. The van der Waals surface area contributed by atoms with Crippen LogP contribution in [0, 0.1) is 6.42 Å². The lowest BCUT2D eigenvalue weighted by molar-refractivity contribution is 0.642. The monoisotopic (exact) mass is 189 g/mol. The Morgan fingerprint density at radius 2 is 2.33 bits per heavy atom. The molecule has 0 N–H and O–H groups in total. The Kier molecular flexibility index (Phi) is 2.06. The molecule has 0 fully saturated rings. The van der Waals surface area contributed by atoms with Gasteiger partial charge in [-0.15, -0.1) is 0 Å². The second kappa shape index (κ2) is 2.65. The molecule has 49 valence electrons. The summed E-state index contributed by atoms with van der Waals surface area (Å²) in [5.41, 5.74) is 0.696. The van der Waals surface area contributed by atoms with E-state index in [0.717, 1.165) is 4.48 Å². The van der Waals surface area contributed by atoms with Gasteiger partial charge in [0, 0.05) is 10.9 Å². The number of hydrogen-bond donors (Lipinski definition) is 0. The van der Waals surface area contributed by atoms with Gasteiger partial charge in [-0.05, 0) is 25.0 Å². The normalized spacial score (nSPS) is 20.1. The van der Waals surface area contributed by atoms with E-state index in [0.29, 0.717) is 12.0 Å². The van der Waals surface area contributed by atoms with Gasteiger partial charge in [-0.2, -0.15) is 0 Å². The number of halogens is 2. The molecule has 0 atom stereocenters. The van der Waals surface area contributed by atoms with Crippen LogP contribution in [0.5, 0.6) is 0 Å². The van der Waals surface area contributed by atoms with Gasteiger partial charge in [-0.3, -0.25) is 0 Å². The van der Waals surface area contributed by atoms with Gasteiger partial charge in [0.2, 0.25) is 0 Å². The zero-order chi connectivity index (χ0) is 6.85. The summed E-state index contributed by atoms with van der Waals surface area (Å²) in [7, 11) is 0. The van der Waals surface area contributed by atoms with Crippen molar-refractivity contribution in [2.24, 2.45) is 0 Å². The van der Waals surface area contributed by atoms with Crippen molar-refractivity contribution in [1.82, 2.24) is 0 Å². The maximum absolute atomic E-state index is 12.6. The molecule has 9 heavy (non-hydrogen) atoms. The van der Waals surface area contributed by atoms with Crippen LogP contribution in [0.15, 0.2) is 22.0 Å². The molecule has 2 heteroatoms. The van der Waals surface area contributed by atoms with Crippen molar-refractivity contribution in [3.63, 3.8) is 0 Å². The van der Waals surface area contributed by atoms with Crippen LogP contribution < -0.4 is 0 Å². The maximum Gasteiger partial charge on any atom is 0.122 e. The van der Waals surface area contributed by atoms with Crippen LogP contribution in [0.25, 0.3) is 0 Å².